The minimum atomic E-state index is -0.488. The first-order valence-electron chi connectivity index (χ1n) is 5.94. The van der Waals surface area contributed by atoms with Crippen molar-refractivity contribution in [2.45, 2.75) is 5.41 Å². The minimum absolute atomic E-state index is 0.0699. The van der Waals surface area contributed by atoms with Crippen LogP contribution in [0.1, 0.15) is 5.56 Å². The predicted molar refractivity (Wildman–Crippen MR) is 64.9 cm³/mol. The van der Waals surface area contributed by atoms with Gasteiger partial charge < -0.3 is 4.90 Å². The summed E-state index contributed by atoms with van der Waals surface area (Å²) >= 11 is 0. The summed E-state index contributed by atoms with van der Waals surface area (Å²) in [6.07, 6.45) is 0. The maximum atomic E-state index is 10.8. The summed E-state index contributed by atoms with van der Waals surface area (Å²) in [6, 6.07) is 8.95. The number of non-ortho nitro benzene ring substituents is 1. The van der Waals surface area contributed by atoms with Crippen molar-refractivity contribution in [1.29, 1.82) is 5.26 Å². The number of hydrogen-bond acceptors (Lipinski definition) is 4. The Labute approximate surface area is 105 Å². The molecule has 18 heavy (non-hydrogen) atoms. The van der Waals surface area contributed by atoms with Crippen LogP contribution in [0, 0.1) is 33.3 Å². The number of nitro groups is 1. The van der Waals surface area contributed by atoms with Gasteiger partial charge in [-0.3, -0.25) is 10.1 Å². The largest absolute Gasteiger partial charge is 0.306 e. The highest BCUT2D eigenvalue weighted by Crippen LogP contribution is 2.63. The van der Waals surface area contributed by atoms with E-state index < -0.39 is 10.3 Å². The molecule has 0 spiro atoms. The standard InChI is InChI=1S/C13H13N3O2/c1-15-6-11-12(7-15)13(11,8-14)9-3-2-4-10(5-9)16(17)18/h2-5,11-12H,6-7H2,1H3/t11-,12+,13?. The number of piperidine rings is 1. The van der Waals surface area contributed by atoms with Crippen molar-refractivity contribution in [2.24, 2.45) is 11.8 Å². The molecule has 1 aromatic rings. The lowest BCUT2D eigenvalue weighted by Crippen LogP contribution is -2.26. The Morgan fingerprint density at radius 2 is 2.17 bits per heavy atom. The summed E-state index contributed by atoms with van der Waals surface area (Å²) in [6.45, 7) is 1.81. The molecule has 1 saturated heterocycles. The molecule has 0 amide bonds. The molecule has 0 bridgehead atoms. The van der Waals surface area contributed by atoms with Gasteiger partial charge in [0.1, 0.15) is 0 Å². The van der Waals surface area contributed by atoms with Gasteiger partial charge in [0, 0.05) is 37.1 Å². The SMILES string of the molecule is CN1C[C@@H]2[C@H](C1)C2(C#N)c1cccc([N+](=O)[O-])c1. The van der Waals surface area contributed by atoms with E-state index in [4.69, 9.17) is 0 Å². The number of rotatable bonds is 2. The lowest BCUT2D eigenvalue weighted by Gasteiger charge is -2.18. The third kappa shape index (κ3) is 1.30. The molecule has 5 heteroatoms. The first-order valence-corrected chi connectivity index (χ1v) is 5.94. The van der Waals surface area contributed by atoms with Gasteiger partial charge >= 0.3 is 0 Å². The molecule has 0 N–H and O–H groups in total. The van der Waals surface area contributed by atoms with Crippen LogP contribution in [0.15, 0.2) is 24.3 Å². The fourth-order valence-corrected chi connectivity index (χ4v) is 3.36. The van der Waals surface area contributed by atoms with Crippen LogP contribution in [-0.2, 0) is 5.41 Å². The van der Waals surface area contributed by atoms with Crippen LogP contribution < -0.4 is 0 Å². The monoisotopic (exact) mass is 243 g/mol. The number of benzene rings is 1. The summed E-state index contributed by atoms with van der Waals surface area (Å²) in [5.74, 6) is 0.656. The van der Waals surface area contributed by atoms with Crippen molar-refractivity contribution in [3.8, 4) is 6.07 Å². The molecule has 2 fully saturated rings. The molecule has 1 aliphatic carbocycles. The average molecular weight is 243 g/mol. The molecule has 1 heterocycles. The second-order valence-electron chi connectivity index (χ2n) is 5.22. The van der Waals surface area contributed by atoms with Crippen molar-refractivity contribution in [3.05, 3.63) is 39.9 Å². The van der Waals surface area contributed by atoms with Gasteiger partial charge in [-0.15, -0.1) is 0 Å². The number of nitro benzene ring substituents is 1. The number of fused-ring (bicyclic) bond motifs is 1. The molecule has 3 rings (SSSR count). The molecule has 1 aliphatic heterocycles. The van der Waals surface area contributed by atoms with Gasteiger partial charge in [0.25, 0.3) is 5.69 Å². The van der Waals surface area contributed by atoms with Gasteiger partial charge in [0.15, 0.2) is 0 Å². The molecule has 0 radical (unpaired) electrons. The van der Waals surface area contributed by atoms with Crippen molar-refractivity contribution in [3.63, 3.8) is 0 Å². The molecular formula is C13H13N3O2. The topological polar surface area (TPSA) is 70.2 Å². The highest BCUT2D eigenvalue weighted by molar-refractivity contribution is 5.50. The molecule has 1 aromatic carbocycles. The van der Waals surface area contributed by atoms with Gasteiger partial charge in [-0.05, 0) is 12.6 Å². The van der Waals surface area contributed by atoms with Crippen molar-refractivity contribution < 1.29 is 4.92 Å². The molecule has 1 unspecified atom stereocenters. The Morgan fingerprint density at radius 1 is 1.50 bits per heavy atom. The first kappa shape index (κ1) is 11.2. The smallest absolute Gasteiger partial charge is 0.269 e. The van der Waals surface area contributed by atoms with E-state index in [1.165, 1.54) is 6.07 Å². The number of hydrogen-bond donors (Lipinski definition) is 0. The molecule has 1 saturated carbocycles. The van der Waals surface area contributed by atoms with Crippen molar-refractivity contribution >= 4 is 5.69 Å². The van der Waals surface area contributed by atoms with Crippen LogP contribution in [0.4, 0.5) is 5.69 Å². The second-order valence-corrected chi connectivity index (χ2v) is 5.22. The Kier molecular flexibility index (Phi) is 2.19. The fourth-order valence-electron chi connectivity index (χ4n) is 3.36. The zero-order chi connectivity index (χ0) is 12.9. The number of likely N-dealkylation sites (tertiary alicyclic amines) is 1. The Balaban J connectivity index is 1.98. The zero-order valence-electron chi connectivity index (χ0n) is 10.0. The molecule has 2 aliphatic rings. The zero-order valence-corrected chi connectivity index (χ0v) is 10.0. The third-order valence-electron chi connectivity index (χ3n) is 4.28. The number of nitriles is 1. The lowest BCUT2D eigenvalue weighted by atomic mass is 9.91. The Morgan fingerprint density at radius 3 is 2.72 bits per heavy atom. The van der Waals surface area contributed by atoms with Crippen LogP contribution in [0.3, 0.4) is 0 Å². The van der Waals surface area contributed by atoms with E-state index in [0.29, 0.717) is 11.8 Å². The van der Waals surface area contributed by atoms with E-state index in [1.54, 1.807) is 12.1 Å². The fraction of sp³-hybridized carbons (Fsp3) is 0.462. The quantitative estimate of drug-likeness (QED) is 0.583. The molecule has 3 atom stereocenters. The van der Waals surface area contributed by atoms with Gasteiger partial charge in [0.2, 0.25) is 0 Å². The van der Waals surface area contributed by atoms with E-state index in [-0.39, 0.29) is 5.69 Å². The molecule has 0 aromatic heterocycles. The van der Waals surface area contributed by atoms with E-state index >= 15 is 0 Å². The van der Waals surface area contributed by atoms with Crippen molar-refractivity contribution in [1.82, 2.24) is 4.90 Å². The van der Waals surface area contributed by atoms with Gasteiger partial charge in [-0.25, -0.2) is 0 Å². The van der Waals surface area contributed by atoms with E-state index in [1.807, 2.05) is 13.1 Å². The first-order chi connectivity index (χ1) is 8.59. The highest BCUT2D eigenvalue weighted by atomic mass is 16.6. The molecular weight excluding hydrogens is 230 g/mol. The summed E-state index contributed by atoms with van der Waals surface area (Å²) in [4.78, 5) is 12.6. The normalized spacial score (nSPS) is 33.8. The van der Waals surface area contributed by atoms with E-state index in [9.17, 15) is 15.4 Å². The Hall–Kier alpha value is -1.93. The summed E-state index contributed by atoms with van der Waals surface area (Å²) in [5, 5.41) is 20.3. The minimum Gasteiger partial charge on any atom is -0.306 e. The van der Waals surface area contributed by atoms with E-state index in [2.05, 4.69) is 11.0 Å². The summed E-state index contributed by atoms with van der Waals surface area (Å²) in [7, 11) is 2.04. The molecule has 5 nitrogen and oxygen atoms in total. The lowest BCUT2D eigenvalue weighted by molar-refractivity contribution is -0.384. The second kappa shape index (κ2) is 3.53. The maximum Gasteiger partial charge on any atom is 0.269 e. The highest BCUT2D eigenvalue weighted by Gasteiger charge is 2.69. The Bertz CT molecular complexity index is 552. The van der Waals surface area contributed by atoms with Crippen LogP contribution in [0.5, 0.6) is 0 Å². The number of nitrogens with zero attached hydrogens (tertiary/aromatic N) is 3. The van der Waals surface area contributed by atoms with Gasteiger partial charge in [0.05, 0.1) is 16.4 Å². The van der Waals surface area contributed by atoms with Gasteiger partial charge in [-0.1, -0.05) is 12.1 Å². The molecule has 92 valence electrons. The van der Waals surface area contributed by atoms with Crippen LogP contribution in [0.25, 0.3) is 0 Å². The van der Waals surface area contributed by atoms with Crippen LogP contribution >= 0.6 is 0 Å². The van der Waals surface area contributed by atoms with Crippen LogP contribution in [-0.4, -0.2) is 30.0 Å². The van der Waals surface area contributed by atoms with Gasteiger partial charge in [-0.2, -0.15) is 5.26 Å². The van der Waals surface area contributed by atoms with Crippen LogP contribution in [0.2, 0.25) is 0 Å². The van der Waals surface area contributed by atoms with Crippen molar-refractivity contribution in [2.75, 3.05) is 20.1 Å². The maximum absolute atomic E-state index is 10.8. The predicted octanol–water partition coefficient (Wildman–Crippen LogP) is 1.55. The van der Waals surface area contributed by atoms with E-state index in [0.717, 1.165) is 18.7 Å². The average Bonchev–Trinajstić information content (AvgIpc) is 2.76. The third-order valence-corrected chi connectivity index (χ3v) is 4.28. The summed E-state index contributed by atoms with van der Waals surface area (Å²) < 4.78 is 0. The summed E-state index contributed by atoms with van der Waals surface area (Å²) in [5.41, 5.74) is 0.390.